The number of allylic oxidation sites excluding steroid dienone is 2. The Labute approximate surface area is 60.5 Å². The van der Waals surface area contributed by atoms with E-state index in [1.807, 2.05) is 13.0 Å². The Morgan fingerprint density at radius 3 is 2.62 bits per heavy atom. The molecular formula is C6H10Cl2. The van der Waals surface area contributed by atoms with Crippen molar-refractivity contribution in [3.63, 3.8) is 0 Å². The minimum atomic E-state index is 0.698. The summed E-state index contributed by atoms with van der Waals surface area (Å²) in [6.07, 6.45) is 3.79. The molecular weight excluding hydrogens is 143 g/mol. The summed E-state index contributed by atoms with van der Waals surface area (Å²) in [4.78, 5) is 0. The molecule has 0 N–H and O–H groups in total. The molecule has 0 saturated heterocycles. The molecule has 0 radical (unpaired) electrons. The van der Waals surface area contributed by atoms with Crippen molar-refractivity contribution in [1.82, 2.24) is 0 Å². The van der Waals surface area contributed by atoms with E-state index in [4.69, 9.17) is 23.2 Å². The molecule has 0 saturated carbocycles. The van der Waals surface area contributed by atoms with Crippen LogP contribution >= 0.6 is 23.2 Å². The van der Waals surface area contributed by atoms with Crippen molar-refractivity contribution in [2.75, 3.05) is 5.88 Å². The van der Waals surface area contributed by atoms with Crippen molar-refractivity contribution in [3.8, 4) is 0 Å². The van der Waals surface area contributed by atoms with E-state index in [0.717, 1.165) is 17.9 Å². The maximum Gasteiger partial charge on any atom is 0.0226 e. The van der Waals surface area contributed by atoms with Gasteiger partial charge in [0.15, 0.2) is 0 Å². The fourth-order valence-electron chi connectivity index (χ4n) is 0.380. The monoisotopic (exact) mass is 152 g/mol. The summed E-state index contributed by atoms with van der Waals surface area (Å²) in [5, 5.41) is 0.908. The first-order valence-electron chi connectivity index (χ1n) is 2.68. The van der Waals surface area contributed by atoms with E-state index in [2.05, 4.69) is 0 Å². The predicted octanol–water partition coefficient (Wildman–Crippen LogP) is 3.15. The van der Waals surface area contributed by atoms with Crippen LogP contribution < -0.4 is 0 Å². The van der Waals surface area contributed by atoms with Gasteiger partial charge in [0.05, 0.1) is 0 Å². The largest absolute Gasteiger partial charge is 0.127 e. The smallest absolute Gasteiger partial charge is 0.0226 e. The summed E-state index contributed by atoms with van der Waals surface area (Å²) in [6.45, 7) is 1.93. The third kappa shape index (κ3) is 4.48. The quantitative estimate of drug-likeness (QED) is 0.546. The molecule has 0 heterocycles. The molecule has 0 aliphatic heterocycles. The van der Waals surface area contributed by atoms with Crippen LogP contribution in [0.15, 0.2) is 11.1 Å². The molecule has 8 heavy (non-hydrogen) atoms. The van der Waals surface area contributed by atoms with Gasteiger partial charge in [0.25, 0.3) is 0 Å². The van der Waals surface area contributed by atoms with Gasteiger partial charge in [0.2, 0.25) is 0 Å². The van der Waals surface area contributed by atoms with Crippen molar-refractivity contribution in [3.05, 3.63) is 11.1 Å². The normalized spacial score (nSPS) is 12.1. The summed E-state index contributed by atoms with van der Waals surface area (Å²) in [5.74, 6) is 0.698. The highest BCUT2D eigenvalue weighted by atomic mass is 35.5. The van der Waals surface area contributed by atoms with Crippen LogP contribution in [0, 0.1) is 0 Å². The van der Waals surface area contributed by atoms with Gasteiger partial charge in [-0.25, -0.2) is 0 Å². The third-order valence-corrected chi connectivity index (χ3v) is 1.54. The molecule has 0 aliphatic rings. The lowest BCUT2D eigenvalue weighted by atomic mass is 10.3. The lowest BCUT2D eigenvalue weighted by molar-refractivity contribution is 0.950. The fraction of sp³-hybridized carbons (Fsp3) is 0.667. The Hall–Kier alpha value is 0.320. The van der Waals surface area contributed by atoms with Crippen LogP contribution in [0.25, 0.3) is 0 Å². The summed E-state index contributed by atoms with van der Waals surface area (Å²) >= 11 is 11.1. The van der Waals surface area contributed by atoms with E-state index >= 15 is 0 Å². The maximum atomic E-state index is 5.65. The van der Waals surface area contributed by atoms with E-state index in [9.17, 15) is 0 Å². The van der Waals surface area contributed by atoms with Crippen molar-refractivity contribution in [1.29, 1.82) is 0 Å². The SMILES string of the molecule is C/C=C(\Cl)CCCCl. The predicted molar refractivity (Wildman–Crippen MR) is 39.6 cm³/mol. The van der Waals surface area contributed by atoms with E-state index in [0.29, 0.717) is 5.88 Å². The minimum Gasteiger partial charge on any atom is -0.127 e. The molecule has 0 fully saturated rings. The Kier molecular flexibility index (Phi) is 5.67. The topological polar surface area (TPSA) is 0 Å². The molecule has 0 aromatic rings. The molecule has 0 nitrogen and oxygen atoms in total. The average Bonchev–Trinajstić information content (AvgIpc) is 1.83. The second-order valence-corrected chi connectivity index (χ2v) is 2.39. The maximum absolute atomic E-state index is 5.65. The summed E-state index contributed by atoms with van der Waals surface area (Å²) in [7, 11) is 0. The van der Waals surface area contributed by atoms with Gasteiger partial charge in [-0.05, 0) is 19.8 Å². The van der Waals surface area contributed by atoms with Crippen LogP contribution in [-0.4, -0.2) is 5.88 Å². The highest BCUT2D eigenvalue weighted by molar-refractivity contribution is 6.29. The number of halogens is 2. The van der Waals surface area contributed by atoms with E-state index in [1.165, 1.54) is 0 Å². The Balaban J connectivity index is 3.12. The minimum absolute atomic E-state index is 0.698. The van der Waals surface area contributed by atoms with Gasteiger partial charge < -0.3 is 0 Å². The van der Waals surface area contributed by atoms with Crippen LogP contribution in [0.2, 0.25) is 0 Å². The molecule has 0 unspecified atom stereocenters. The average molecular weight is 153 g/mol. The first-order valence-corrected chi connectivity index (χ1v) is 3.59. The Morgan fingerprint density at radius 2 is 2.25 bits per heavy atom. The van der Waals surface area contributed by atoms with Crippen molar-refractivity contribution in [2.24, 2.45) is 0 Å². The summed E-state index contributed by atoms with van der Waals surface area (Å²) < 4.78 is 0. The van der Waals surface area contributed by atoms with Gasteiger partial charge in [-0.1, -0.05) is 17.7 Å². The highest BCUT2D eigenvalue weighted by Gasteiger charge is 1.87. The molecule has 0 atom stereocenters. The molecule has 0 aliphatic carbocycles. The lowest BCUT2D eigenvalue weighted by Crippen LogP contribution is -1.74. The van der Waals surface area contributed by atoms with Crippen LogP contribution in [0.1, 0.15) is 19.8 Å². The van der Waals surface area contributed by atoms with Gasteiger partial charge in [0, 0.05) is 10.9 Å². The van der Waals surface area contributed by atoms with Crippen molar-refractivity contribution in [2.45, 2.75) is 19.8 Å². The third-order valence-electron chi connectivity index (χ3n) is 0.862. The summed E-state index contributed by atoms with van der Waals surface area (Å²) in [5.41, 5.74) is 0. The van der Waals surface area contributed by atoms with E-state index in [-0.39, 0.29) is 0 Å². The van der Waals surface area contributed by atoms with Crippen LogP contribution in [0.4, 0.5) is 0 Å². The van der Waals surface area contributed by atoms with Gasteiger partial charge in [-0.15, -0.1) is 11.6 Å². The van der Waals surface area contributed by atoms with Gasteiger partial charge in [-0.2, -0.15) is 0 Å². The second kappa shape index (κ2) is 5.46. The van der Waals surface area contributed by atoms with Crippen LogP contribution in [0.3, 0.4) is 0 Å². The number of hydrogen-bond acceptors (Lipinski definition) is 0. The fourth-order valence-corrected chi connectivity index (χ4v) is 0.647. The Morgan fingerprint density at radius 1 is 1.62 bits per heavy atom. The van der Waals surface area contributed by atoms with Crippen molar-refractivity contribution < 1.29 is 0 Å². The highest BCUT2D eigenvalue weighted by Crippen LogP contribution is 2.09. The molecule has 0 bridgehead atoms. The number of alkyl halides is 1. The molecule has 2 heteroatoms. The standard InChI is InChI=1S/C6H10Cl2/c1-2-6(8)4-3-5-7/h2H,3-5H2,1H3/b6-2-. The molecule has 48 valence electrons. The zero-order chi connectivity index (χ0) is 6.41. The number of rotatable bonds is 3. The molecule has 0 amide bonds. The van der Waals surface area contributed by atoms with Gasteiger partial charge in [0.1, 0.15) is 0 Å². The lowest BCUT2D eigenvalue weighted by Gasteiger charge is -1.91. The van der Waals surface area contributed by atoms with Crippen LogP contribution in [-0.2, 0) is 0 Å². The second-order valence-electron chi connectivity index (χ2n) is 1.53. The zero-order valence-corrected chi connectivity index (χ0v) is 6.47. The summed E-state index contributed by atoms with van der Waals surface area (Å²) in [6, 6.07) is 0. The molecule has 0 aromatic carbocycles. The Bertz CT molecular complexity index is 76.6. The number of hydrogen-bond donors (Lipinski definition) is 0. The van der Waals surface area contributed by atoms with Crippen LogP contribution in [0.5, 0.6) is 0 Å². The molecule has 0 aromatic heterocycles. The molecule has 0 rings (SSSR count). The van der Waals surface area contributed by atoms with Gasteiger partial charge in [-0.3, -0.25) is 0 Å². The first kappa shape index (κ1) is 8.32. The van der Waals surface area contributed by atoms with E-state index < -0.39 is 0 Å². The molecule has 0 spiro atoms. The van der Waals surface area contributed by atoms with E-state index in [1.54, 1.807) is 0 Å². The van der Waals surface area contributed by atoms with Gasteiger partial charge >= 0.3 is 0 Å². The van der Waals surface area contributed by atoms with Crippen molar-refractivity contribution >= 4 is 23.2 Å². The first-order chi connectivity index (χ1) is 3.81. The zero-order valence-electron chi connectivity index (χ0n) is 4.95.